The molecule has 0 bridgehead atoms. The maximum absolute atomic E-state index is 5.19. The minimum atomic E-state index is 0.701. The molecule has 0 saturated carbocycles. The zero-order chi connectivity index (χ0) is 18.1. The van der Waals surface area contributed by atoms with Crippen LogP contribution in [0, 0.1) is 11.8 Å². The summed E-state index contributed by atoms with van der Waals surface area (Å²) in [5, 5.41) is 6.88. The predicted molar refractivity (Wildman–Crippen MR) is 105 cm³/mol. The lowest BCUT2D eigenvalue weighted by molar-refractivity contribution is 0.159. The highest BCUT2D eigenvalue weighted by atomic mass is 16.5. The fraction of sp³-hybridized carbons (Fsp3) is 0.650. The van der Waals surface area contributed by atoms with Gasteiger partial charge in [0.2, 0.25) is 0 Å². The van der Waals surface area contributed by atoms with E-state index >= 15 is 0 Å². The molecule has 25 heavy (non-hydrogen) atoms. The van der Waals surface area contributed by atoms with E-state index in [0.717, 1.165) is 30.7 Å². The number of ether oxygens (including phenoxy) is 1. The van der Waals surface area contributed by atoms with Gasteiger partial charge >= 0.3 is 0 Å². The van der Waals surface area contributed by atoms with E-state index < -0.39 is 0 Å². The van der Waals surface area contributed by atoms with Crippen LogP contribution in [0.3, 0.4) is 0 Å². The second kappa shape index (κ2) is 10.3. The fourth-order valence-electron chi connectivity index (χ4n) is 3.39. The number of hydrogen-bond donors (Lipinski definition) is 2. The Hall–Kier alpha value is -1.75. The Morgan fingerprint density at radius 1 is 1.28 bits per heavy atom. The van der Waals surface area contributed by atoms with Crippen LogP contribution in [0.2, 0.25) is 0 Å². The zero-order valence-electron chi connectivity index (χ0n) is 16.2. The molecule has 1 aromatic carbocycles. The van der Waals surface area contributed by atoms with Crippen molar-refractivity contribution in [1.82, 2.24) is 15.5 Å². The summed E-state index contributed by atoms with van der Waals surface area (Å²) in [7, 11) is 3.52. The molecule has 1 aliphatic heterocycles. The van der Waals surface area contributed by atoms with Gasteiger partial charge in [-0.2, -0.15) is 0 Å². The van der Waals surface area contributed by atoms with E-state index in [-0.39, 0.29) is 0 Å². The maximum Gasteiger partial charge on any atom is 0.191 e. The first-order valence-electron chi connectivity index (χ1n) is 9.40. The Labute approximate surface area is 152 Å². The summed E-state index contributed by atoms with van der Waals surface area (Å²) in [6.45, 7) is 9.99. The minimum Gasteiger partial charge on any atom is -0.497 e. The van der Waals surface area contributed by atoms with E-state index in [0.29, 0.717) is 5.92 Å². The number of likely N-dealkylation sites (tertiary alicyclic amines) is 1. The van der Waals surface area contributed by atoms with Crippen molar-refractivity contribution in [2.24, 2.45) is 16.8 Å². The number of benzene rings is 1. The molecule has 0 amide bonds. The monoisotopic (exact) mass is 346 g/mol. The quantitative estimate of drug-likeness (QED) is 0.589. The number of nitrogens with zero attached hydrogens (tertiary/aromatic N) is 2. The van der Waals surface area contributed by atoms with Gasteiger partial charge < -0.3 is 20.3 Å². The summed E-state index contributed by atoms with van der Waals surface area (Å²) in [6, 6.07) is 8.12. The Morgan fingerprint density at radius 2 is 2.04 bits per heavy atom. The van der Waals surface area contributed by atoms with Crippen LogP contribution < -0.4 is 15.4 Å². The summed E-state index contributed by atoms with van der Waals surface area (Å²) < 4.78 is 5.19. The van der Waals surface area contributed by atoms with E-state index in [9.17, 15) is 0 Å². The Bertz CT molecular complexity index is 527. The largest absolute Gasteiger partial charge is 0.497 e. The number of guanidine groups is 1. The Balaban J connectivity index is 1.74. The molecule has 1 heterocycles. The van der Waals surface area contributed by atoms with Crippen LogP contribution in [-0.2, 0) is 6.54 Å². The second-order valence-electron chi connectivity index (χ2n) is 7.32. The van der Waals surface area contributed by atoms with Crippen molar-refractivity contribution in [1.29, 1.82) is 0 Å². The number of methoxy groups -OCH3 is 1. The average Bonchev–Trinajstić information content (AvgIpc) is 2.62. The molecule has 5 heteroatoms. The Kier molecular flexibility index (Phi) is 8.06. The van der Waals surface area contributed by atoms with Gasteiger partial charge in [-0.1, -0.05) is 26.0 Å². The van der Waals surface area contributed by atoms with Gasteiger partial charge in [0.25, 0.3) is 0 Å². The third kappa shape index (κ3) is 6.94. The van der Waals surface area contributed by atoms with Gasteiger partial charge in [0.1, 0.15) is 5.75 Å². The van der Waals surface area contributed by atoms with Crippen molar-refractivity contribution in [3.05, 3.63) is 29.8 Å². The van der Waals surface area contributed by atoms with E-state index in [4.69, 9.17) is 4.74 Å². The zero-order valence-corrected chi connectivity index (χ0v) is 16.2. The third-order valence-electron chi connectivity index (χ3n) is 4.63. The standard InChI is InChI=1S/C20H34N4O/c1-16(2)14-24-11-5-6-18(15-24)13-23-20(21-3)22-12-17-7-9-19(25-4)10-8-17/h7-10,16,18H,5-6,11-15H2,1-4H3,(H2,21,22,23). The topological polar surface area (TPSA) is 48.9 Å². The van der Waals surface area contributed by atoms with Crippen LogP contribution >= 0.6 is 0 Å². The average molecular weight is 347 g/mol. The third-order valence-corrected chi connectivity index (χ3v) is 4.63. The molecule has 0 radical (unpaired) electrons. The fourth-order valence-corrected chi connectivity index (χ4v) is 3.39. The van der Waals surface area contributed by atoms with Crippen molar-refractivity contribution < 1.29 is 4.74 Å². The molecule has 0 aromatic heterocycles. The summed E-state index contributed by atoms with van der Waals surface area (Å²) in [5.74, 6) is 3.20. The first-order chi connectivity index (χ1) is 12.1. The van der Waals surface area contributed by atoms with Gasteiger partial charge in [-0.05, 0) is 48.9 Å². The minimum absolute atomic E-state index is 0.701. The van der Waals surface area contributed by atoms with E-state index in [1.807, 2.05) is 19.2 Å². The molecule has 1 unspecified atom stereocenters. The molecule has 2 N–H and O–H groups in total. The first kappa shape index (κ1) is 19.6. The van der Waals surface area contributed by atoms with Crippen LogP contribution in [0.4, 0.5) is 0 Å². The highest BCUT2D eigenvalue weighted by molar-refractivity contribution is 5.79. The van der Waals surface area contributed by atoms with Gasteiger partial charge in [-0.3, -0.25) is 4.99 Å². The summed E-state index contributed by atoms with van der Waals surface area (Å²) in [6.07, 6.45) is 2.61. The summed E-state index contributed by atoms with van der Waals surface area (Å²) in [5.41, 5.74) is 1.21. The molecule has 5 nitrogen and oxygen atoms in total. The number of piperidine rings is 1. The SMILES string of the molecule is CN=C(NCc1ccc(OC)cc1)NCC1CCCN(CC(C)C)C1. The number of nitrogens with one attached hydrogen (secondary N) is 2. The molecular formula is C20H34N4O. The molecule has 1 aliphatic rings. The first-order valence-corrected chi connectivity index (χ1v) is 9.40. The molecule has 0 spiro atoms. The lowest BCUT2D eigenvalue weighted by Crippen LogP contribution is -2.44. The second-order valence-corrected chi connectivity index (χ2v) is 7.32. The lowest BCUT2D eigenvalue weighted by atomic mass is 9.97. The molecule has 1 fully saturated rings. The summed E-state index contributed by atoms with van der Waals surface area (Å²) >= 11 is 0. The van der Waals surface area contributed by atoms with Gasteiger partial charge in [-0.25, -0.2) is 0 Å². The van der Waals surface area contributed by atoms with Crippen molar-refractivity contribution in [3.8, 4) is 5.75 Å². The van der Waals surface area contributed by atoms with E-state index in [2.05, 4.69) is 46.5 Å². The molecule has 0 aliphatic carbocycles. The van der Waals surface area contributed by atoms with Gasteiger partial charge in [0.15, 0.2) is 5.96 Å². The summed E-state index contributed by atoms with van der Waals surface area (Å²) in [4.78, 5) is 6.95. The van der Waals surface area contributed by atoms with Crippen LogP contribution in [-0.4, -0.2) is 51.2 Å². The van der Waals surface area contributed by atoms with E-state index in [1.54, 1.807) is 7.11 Å². The molecule has 1 saturated heterocycles. The normalized spacial score (nSPS) is 19.1. The van der Waals surface area contributed by atoms with Crippen molar-refractivity contribution in [2.45, 2.75) is 33.2 Å². The van der Waals surface area contributed by atoms with Crippen molar-refractivity contribution in [3.63, 3.8) is 0 Å². The van der Waals surface area contributed by atoms with Crippen LogP contribution in [0.1, 0.15) is 32.3 Å². The highest BCUT2D eigenvalue weighted by Gasteiger charge is 2.20. The van der Waals surface area contributed by atoms with Gasteiger partial charge in [0.05, 0.1) is 7.11 Å². The molecule has 140 valence electrons. The van der Waals surface area contributed by atoms with Crippen LogP contribution in [0.5, 0.6) is 5.75 Å². The smallest absolute Gasteiger partial charge is 0.191 e. The van der Waals surface area contributed by atoms with Gasteiger partial charge in [-0.15, -0.1) is 0 Å². The van der Waals surface area contributed by atoms with Gasteiger partial charge in [0, 0.05) is 33.2 Å². The number of hydrogen-bond acceptors (Lipinski definition) is 3. The molecule has 2 rings (SSSR count). The van der Waals surface area contributed by atoms with Crippen LogP contribution in [0.25, 0.3) is 0 Å². The molecule has 1 atom stereocenters. The van der Waals surface area contributed by atoms with Crippen molar-refractivity contribution >= 4 is 5.96 Å². The highest BCUT2D eigenvalue weighted by Crippen LogP contribution is 2.17. The van der Waals surface area contributed by atoms with E-state index in [1.165, 1.54) is 38.0 Å². The molecular weight excluding hydrogens is 312 g/mol. The Morgan fingerprint density at radius 3 is 2.68 bits per heavy atom. The number of rotatable bonds is 7. The maximum atomic E-state index is 5.19. The lowest BCUT2D eigenvalue weighted by Gasteiger charge is -2.34. The predicted octanol–water partition coefficient (Wildman–Crippen LogP) is 2.73. The number of aliphatic imine (C=N–C) groups is 1. The van der Waals surface area contributed by atoms with Crippen molar-refractivity contribution in [2.75, 3.05) is 40.3 Å². The molecule has 1 aromatic rings. The van der Waals surface area contributed by atoms with Crippen LogP contribution in [0.15, 0.2) is 29.3 Å².